The lowest BCUT2D eigenvalue weighted by molar-refractivity contribution is -0.137. The summed E-state index contributed by atoms with van der Waals surface area (Å²) in [5.41, 5.74) is 1.93. The second-order valence-electron chi connectivity index (χ2n) is 9.73. The van der Waals surface area contributed by atoms with E-state index in [1.54, 1.807) is 45.0 Å². The lowest BCUT2D eigenvalue weighted by Gasteiger charge is -2.20. The highest BCUT2D eigenvalue weighted by atomic mass is 16.6. The molecule has 9 heteroatoms. The first-order chi connectivity index (χ1) is 19.3. The van der Waals surface area contributed by atoms with Gasteiger partial charge < -0.3 is 28.7 Å². The Morgan fingerprint density at radius 2 is 1.70 bits per heavy atom. The summed E-state index contributed by atoms with van der Waals surface area (Å²) in [5, 5.41) is 2.91. The van der Waals surface area contributed by atoms with Gasteiger partial charge in [0.15, 0.2) is 11.5 Å². The van der Waals surface area contributed by atoms with Gasteiger partial charge in [-0.1, -0.05) is 50.2 Å². The van der Waals surface area contributed by atoms with Gasteiger partial charge in [0, 0.05) is 6.07 Å². The van der Waals surface area contributed by atoms with Crippen LogP contribution in [0.15, 0.2) is 75.9 Å². The molecule has 4 aromatic rings. The van der Waals surface area contributed by atoms with Gasteiger partial charge in [0.2, 0.25) is 5.43 Å². The Kier molecular flexibility index (Phi) is 7.72. The van der Waals surface area contributed by atoms with Crippen LogP contribution < -0.4 is 25.0 Å². The number of alkyl carbamates (subject to hydrolysis) is 1. The lowest BCUT2D eigenvalue weighted by Crippen LogP contribution is -2.46. The number of carbonyl (C=O) groups excluding carboxylic acids is 2. The number of hydrogen-bond donors (Lipinski definition) is 1. The second-order valence-corrected chi connectivity index (χ2v) is 9.73. The number of rotatable bonds is 7. The maximum absolute atomic E-state index is 13.4. The molecule has 1 aromatic heterocycles. The van der Waals surface area contributed by atoms with Gasteiger partial charge in [-0.25, -0.2) is 9.59 Å². The topological polar surface area (TPSA) is 113 Å². The molecule has 3 aromatic carbocycles. The zero-order valence-corrected chi connectivity index (χ0v) is 22.4. The fraction of sp³-hybridized carbons (Fsp3) is 0.258. The standard InChI is InChI=1S/C31H29NO8/c1-18(2)28(32-31(35)38-17-20-7-5-4-6-8-20)30(34)40-22-10-11-23-25(16-22)39-19(3)27(29(23)33)21-9-12-24-26(15-21)37-14-13-36-24/h4-12,15-16,18,28H,13-14,17H2,1-3H3,(H,32,35)/t28-/m0/s1. The third kappa shape index (κ3) is 5.78. The minimum atomic E-state index is -0.953. The molecule has 40 heavy (non-hydrogen) atoms. The molecule has 1 aliphatic heterocycles. The van der Waals surface area contributed by atoms with Gasteiger partial charge in [-0.05, 0) is 48.2 Å². The van der Waals surface area contributed by atoms with Crippen molar-refractivity contribution < 1.29 is 33.0 Å². The monoisotopic (exact) mass is 543 g/mol. The van der Waals surface area contributed by atoms with E-state index >= 15 is 0 Å². The van der Waals surface area contributed by atoms with Gasteiger partial charge in [-0.15, -0.1) is 0 Å². The Bertz CT molecular complexity index is 1610. The molecule has 5 rings (SSSR count). The van der Waals surface area contributed by atoms with E-state index < -0.39 is 18.1 Å². The molecule has 0 bridgehead atoms. The van der Waals surface area contributed by atoms with Crippen LogP contribution in [0.4, 0.5) is 4.79 Å². The van der Waals surface area contributed by atoms with Crippen molar-refractivity contribution in [2.24, 2.45) is 5.92 Å². The number of nitrogens with one attached hydrogen (secondary N) is 1. The Morgan fingerprint density at radius 3 is 2.45 bits per heavy atom. The Morgan fingerprint density at radius 1 is 0.950 bits per heavy atom. The molecule has 206 valence electrons. The van der Waals surface area contributed by atoms with Crippen molar-refractivity contribution in [1.82, 2.24) is 5.32 Å². The molecule has 0 unspecified atom stereocenters. The van der Waals surface area contributed by atoms with E-state index in [1.165, 1.54) is 12.1 Å². The Hall–Kier alpha value is -4.79. The van der Waals surface area contributed by atoms with E-state index in [-0.39, 0.29) is 29.3 Å². The summed E-state index contributed by atoms with van der Waals surface area (Å²) < 4.78 is 28.0. The first-order valence-electron chi connectivity index (χ1n) is 13.0. The van der Waals surface area contributed by atoms with Crippen LogP contribution in [0.25, 0.3) is 22.1 Å². The van der Waals surface area contributed by atoms with Crippen molar-refractivity contribution in [2.45, 2.75) is 33.4 Å². The quantitative estimate of drug-likeness (QED) is 0.244. The van der Waals surface area contributed by atoms with Crippen LogP contribution in [0.3, 0.4) is 0 Å². The van der Waals surface area contributed by atoms with Crippen molar-refractivity contribution >= 4 is 23.0 Å². The van der Waals surface area contributed by atoms with Crippen molar-refractivity contribution in [3.8, 4) is 28.4 Å². The fourth-order valence-electron chi connectivity index (χ4n) is 4.45. The average Bonchev–Trinajstić information content (AvgIpc) is 2.95. The molecule has 1 aliphatic rings. The highest BCUT2D eigenvalue weighted by Crippen LogP contribution is 2.35. The molecule has 0 saturated heterocycles. The van der Waals surface area contributed by atoms with Crippen LogP contribution in [0.2, 0.25) is 0 Å². The van der Waals surface area contributed by atoms with Crippen LogP contribution in [-0.4, -0.2) is 31.3 Å². The molecule has 2 heterocycles. The molecular formula is C31H29NO8. The summed E-state index contributed by atoms with van der Waals surface area (Å²) >= 11 is 0. The van der Waals surface area contributed by atoms with Crippen LogP contribution in [0.1, 0.15) is 25.2 Å². The van der Waals surface area contributed by atoms with Gasteiger partial charge in [0.05, 0.1) is 10.9 Å². The third-order valence-corrected chi connectivity index (χ3v) is 6.50. The summed E-state index contributed by atoms with van der Waals surface area (Å²) in [6.45, 7) is 6.25. The molecule has 9 nitrogen and oxygen atoms in total. The molecule has 1 amide bonds. The van der Waals surface area contributed by atoms with Gasteiger partial charge >= 0.3 is 12.1 Å². The van der Waals surface area contributed by atoms with Crippen molar-refractivity contribution in [3.05, 3.63) is 88.3 Å². The molecule has 0 radical (unpaired) electrons. The molecule has 1 atom stereocenters. The van der Waals surface area contributed by atoms with E-state index in [1.807, 2.05) is 30.3 Å². The second kappa shape index (κ2) is 11.5. The number of benzene rings is 3. The maximum atomic E-state index is 13.4. The fourth-order valence-corrected chi connectivity index (χ4v) is 4.45. The molecule has 0 fully saturated rings. The van der Waals surface area contributed by atoms with Gasteiger partial charge in [0.25, 0.3) is 0 Å². The van der Waals surface area contributed by atoms with Crippen LogP contribution in [0.5, 0.6) is 17.2 Å². The SMILES string of the molecule is Cc1oc2cc(OC(=O)[C@@H](NC(=O)OCc3ccccc3)C(C)C)ccc2c(=O)c1-c1ccc2c(c1)OCCO2. The third-order valence-electron chi connectivity index (χ3n) is 6.50. The first-order valence-corrected chi connectivity index (χ1v) is 13.0. The van der Waals surface area contributed by atoms with Crippen molar-refractivity contribution in [2.75, 3.05) is 13.2 Å². The largest absolute Gasteiger partial charge is 0.486 e. The van der Waals surface area contributed by atoms with Gasteiger partial charge in [-0.2, -0.15) is 0 Å². The van der Waals surface area contributed by atoms with Gasteiger partial charge in [-0.3, -0.25) is 4.79 Å². The number of esters is 1. The van der Waals surface area contributed by atoms with Crippen molar-refractivity contribution in [1.29, 1.82) is 0 Å². The zero-order chi connectivity index (χ0) is 28.2. The van der Waals surface area contributed by atoms with Gasteiger partial charge in [0.1, 0.15) is 43.0 Å². The summed E-state index contributed by atoms with van der Waals surface area (Å²) in [6, 6.07) is 18.2. The number of aryl methyl sites for hydroxylation is 1. The van der Waals surface area contributed by atoms with E-state index in [4.69, 9.17) is 23.4 Å². The minimum Gasteiger partial charge on any atom is -0.486 e. The van der Waals surface area contributed by atoms with E-state index in [0.29, 0.717) is 47.0 Å². The molecule has 0 aliphatic carbocycles. The number of hydrogen-bond acceptors (Lipinski definition) is 8. The Balaban J connectivity index is 1.32. The predicted octanol–water partition coefficient (Wildman–Crippen LogP) is 5.40. The summed E-state index contributed by atoms with van der Waals surface area (Å²) in [4.78, 5) is 38.8. The first kappa shape index (κ1) is 26.8. The molecule has 0 spiro atoms. The highest BCUT2D eigenvalue weighted by Gasteiger charge is 2.27. The zero-order valence-electron chi connectivity index (χ0n) is 22.4. The maximum Gasteiger partial charge on any atom is 0.408 e. The predicted molar refractivity (Wildman–Crippen MR) is 148 cm³/mol. The highest BCUT2D eigenvalue weighted by molar-refractivity contribution is 5.86. The number of carbonyl (C=O) groups is 2. The summed E-state index contributed by atoms with van der Waals surface area (Å²) in [7, 11) is 0. The number of fused-ring (bicyclic) bond motifs is 2. The summed E-state index contributed by atoms with van der Waals surface area (Å²) in [5.74, 6) is 0.840. The van der Waals surface area contributed by atoms with Crippen LogP contribution in [-0.2, 0) is 16.1 Å². The van der Waals surface area contributed by atoms with E-state index in [0.717, 1.165) is 5.56 Å². The minimum absolute atomic E-state index is 0.0733. The normalized spacial score (nSPS) is 13.1. The summed E-state index contributed by atoms with van der Waals surface area (Å²) in [6.07, 6.45) is -0.730. The van der Waals surface area contributed by atoms with Crippen LogP contribution in [0, 0.1) is 12.8 Å². The average molecular weight is 544 g/mol. The smallest absolute Gasteiger partial charge is 0.408 e. The molecule has 1 N–H and O–H groups in total. The van der Waals surface area contributed by atoms with E-state index in [2.05, 4.69) is 5.32 Å². The molecule has 0 saturated carbocycles. The van der Waals surface area contributed by atoms with Crippen molar-refractivity contribution in [3.63, 3.8) is 0 Å². The van der Waals surface area contributed by atoms with E-state index in [9.17, 15) is 14.4 Å². The number of amides is 1. The molecular weight excluding hydrogens is 514 g/mol. The number of ether oxygens (including phenoxy) is 4. The lowest BCUT2D eigenvalue weighted by atomic mass is 10.0. The van der Waals surface area contributed by atoms with Crippen LogP contribution >= 0.6 is 0 Å². The Labute approximate surface area is 230 Å².